The number of rotatable bonds is 2. The number of unbranched alkanes of at least 4 members (excludes halogenated alkanes) is 1. The second-order valence-corrected chi connectivity index (χ2v) is 4.13. The Balaban J connectivity index is 0.000000368. The van der Waals surface area contributed by atoms with Gasteiger partial charge < -0.3 is 0 Å². The van der Waals surface area contributed by atoms with Crippen LogP contribution in [0.2, 0.25) is 0 Å². The third-order valence-electron chi connectivity index (χ3n) is 2.73. The highest BCUT2D eigenvalue weighted by atomic mass is 14.1. The maximum Gasteiger partial charge on any atom is -0.0227 e. The number of aryl methyl sites for hydroxylation is 1. The largest absolute Gasteiger partial charge is 0.0804 e. The van der Waals surface area contributed by atoms with Gasteiger partial charge in [0.2, 0.25) is 0 Å². The van der Waals surface area contributed by atoms with E-state index in [0.29, 0.717) is 0 Å². The summed E-state index contributed by atoms with van der Waals surface area (Å²) in [5, 5.41) is 0. The molecule has 0 bridgehead atoms. The Hall–Kier alpha value is -1.04. The van der Waals surface area contributed by atoms with Crippen molar-refractivity contribution in [2.45, 2.75) is 60.3 Å². The first kappa shape index (κ1) is 16.0. The molecule has 17 heavy (non-hydrogen) atoms. The van der Waals surface area contributed by atoms with Crippen LogP contribution >= 0.6 is 0 Å². The van der Waals surface area contributed by atoms with Crippen LogP contribution in [0, 0.1) is 6.92 Å². The van der Waals surface area contributed by atoms with Gasteiger partial charge in [0.15, 0.2) is 0 Å². The highest BCUT2D eigenvalue weighted by Crippen LogP contribution is 2.28. The van der Waals surface area contributed by atoms with Gasteiger partial charge in [-0.2, -0.15) is 0 Å². The summed E-state index contributed by atoms with van der Waals surface area (Å²) in [6.07, 6.45) is 7.48. The van der Waals surface area contributed by atoms with Crippen molar-refractivity contribution in [2.75, 3.05) is 0 Å². The van der Waals surface area contributed by atoms with E-state index in [9.17, 15) is 0 Å². The molecule has 0 saturated carbocycles. The minimum Gasteiger partial charge on any atom is -0.0804 e. The van der Waals surface area contributed by atoms with Crippen molar-refractivity contribution >= 4 is 5.57 Å². The van der Waals surface area contributed by atoms with Crippen LogP contribution in [0.3, 0.4) is 0 Å². The lowest BCUT2D eigenvalue weighted by molar-refractivity contribution is 0.886. The fourth-order valence-corrected chi connectivity index (χ4v) is 1.32. The highest BCUT2D eigenvalue weighted by Gasteiger charge is 2.06. The summed E-state index contributed by atoms with van der Waals surface area (Å²) < 4.78 is 0. The SMILES string of the molecule is CC.CCCC.Cc1ccc(C2=CCC2)cc1. The molecule has 0 nitrogen and oxygen atoms in total. The molecule has 0 amide bonds. The topological polar surface area (TPSA) is 0 Å². The van der Waals surface area contributed by atoms with E-state index in [1.807, 2.05) is 13.8 Å². The van der Waals surface area contributed by atoms with Gasteiger partial charge in [0, 0.05) is 0 Å². The van der Waals surface area contributed by atoms with E-state index in [-0.39, 0.29) is 0 Å². The van der Waals surface area contributed by atoms with E-state index >= 15 is 0 Å². The van der Waals surface area contributed by atoms with E-state index in [1.54, 1.807) is 0 Å². The molecule has 1 aromatic rings. The van der Waals surface area contributed by atoms with Crippen molar-refractivity contribution in [1.82, 2.24) is 0 Å². The summed E-state index contributed by atoms with van der Waals surface area (Å²) in [5.41, 5.74) is 4.26. The van der Waals surface area contributed by atoms with Crippen LogP contribution in [0.25, 0.3) is 5.57 Å². The molecule has 0 heteroatoms. The number of hydrogen-bond acceptors (Lipinski definition) is 0. The molecule has 0 spiro atoms. The molecule has 0 atom stereocenters. The minimum atomic E-state index is 1.27. The summed E-state index contributed by atoms with van der Waals surface area (Å²) in [5.74, 6) is 0. The van der Waals surface area contributed by atoms with Gasteiger partial charge in [-0.05, 0) is 30.9 Å². The van der Waals surface area contributed by atoms with E-state index in [4.69, 9.17) is 0 Å². The van der Waals surface area contributed by atoms with Crippen LogP contribution in [-0.2, 0) is 0 Å². The molecule has 1 aliphatic rings. The first-order chi connectivity index (χ1) is 8.27. The van der Waals surface area contributed by atoms with Gasteiger partial charge in [0.25, 0.3) is 0 Å². The third-order valence-corrected chi connectivity index (χ3v) is 2.73. The lowest BCUT2D eigenvalue weighted by Crippen LogP contribution is -1.92. The normalized spacial score (nSPS) is 12.2. The zero-order valence-corrected chi connectivity index (χ0v) is 12.2. The van der Waals surface area contributed by atoms with E-state index in [2.05, 4.69) is 51.1 Å². The van der Waals surface area contributed by atoms with Crippen molar-refractivity contribution in [3.05, 3.63) is 41.5 Å². The molecule has 2 rings (SSSR count). The molecular formula is C17H28. The predicted molar refractivity (Wildman–Crippen MR) is 80.3 cm³/mol. The fourth-order valence-electron chi connectivity index (χ4n) is 1.32. The lowest BCUT2D eigenvalue weighted by Gasteiger charge is -2.14. The molecule has 0 N–H and O–H groups in total. The van der Waals surface area contributed by atoms with E-state index < -0.39 is 0 Å². The van der Waals surface area contributed by atoms with Gasteiger partial charge in [0.05, 0.1) is 0 Å². The second-order valence-electron chi connectivity index (χ2n) is 4.13. The molecule has 1 aromatic carbocycles. The highest BCUT2D eigenvalue weighted by molar-refractivity contribution is 5.69. The summed E-state index contributed by atoms with van der Waals surface area (Å²) >= 11 is 0. The predicted octanol–water partition coefficient (Wildman–Crippen LogP) is 6.00. The maximum atomic E-state index is 2.31. The molecule has 0 radical (unpaired) electrons. The zero-order valence-electron chi connectivity index (χ0n) is 12.2. The summed E-state index contributed by atoms with van der Waals surface area (Å²) in [7, 11) is 0. The van der Waals surface area contributed by atoms with Crippen LogP contribution in [-0.4, -0.2) is 0 Å². The Morgan fingerprint density at radius 2 is 1.41 bits per heavy atom. The second kappa shape index (κ2) is 10.1. The van der Waals surface area contributed by atoms with Gasteiger partial charge >= 0.3 is 0 Å². The van der Waals surface area contributed by atoms with Crippen molar-refractivity contribution in [3.8, 4) is 0 Å². The van der Waals surface area contributed by atoms with Gasteiger partial charge in [-0.25, -0.2) is 0 Å². The number of allylic oxidation sites excluding steroid dienone is 2. The molecule has 96 valence electrons. The Morgan fingerprint density at radius 1 is 0.941 bits per heavy atom. The monoisotopic (exact) mass is 232 g/mol. The Bertz CT molecular complexity index is 301. The third kappa shape index (κ3) is 6.31. The zero-order chi connectivity index (χ0) is 13.1. The van der Waals surface area contributed by atoms with Gasteiger partial charge in [-0.3, -0.25) is 0 Å². The molecule has 1 aliphatic carbocycles. The fraction of sp³-hybridized carbons (Fsp3) is 0.529. The summed E-state index contributed by atoms with van der Waals surface area (Å²) in [6, 6.07) is 8.77. The number of hydrogen-bond donors (Lipinski definition) is 0. The van der Waals surface area contributed by atoms with Crippen molar-refractivity contribution in [3.63, 3.8) is 0 Å². The lowest BCUT2D eigenvalue weighted by atomic mass is 9.92. The Kier molecular flexibility index (Phi) is 9.52. The molecule has 0 unspecified atom stereocenters. The van der Waals surface area contributed by atoms with Crippen LogP contribution in [0.1, 0.15) is 64.5 Å². The Labute approximate surface area is 108 Å². The summed E-state index contributed by atoms with van der Waals surface area (Å²) in [4.78, 5) is 0. The molecule has 0 aromatic heterocycles. The minimum absolute atomic E-state index is 1.27. The maximum absolute atomic E-state index is 2.31. The van der Waals surface area contributed by atoms with Crippen LogP contribution in [0.4, 0.5) is 0 Å². The molecule has 0 heterocycles. The molecular weight excluding hydrogens is 204 g/mol. The average molecular weight is 232 g/mol. The first-order valence-electron chi connectivity index (χ1n) is 7.04. The standard InChI is InChI=1S/C11H12.C4H10.C2H6/c1-9-5-7-11(8-6-9)10-3-2-4-10;1-3-4-2;1-2/h3,5-8H,2,4H2,1H3;3-4H2,1-2H3;1-2H3. The van der Waals surface area contributed by atoms with Crippen molar-refractivity contribution < 1.29 is 0 Å². The van der Waals surface area contributed by atoms with Crippen molar-refractivity contribution in [2.24, 2.45) is 0 Å². The smallest absolute Gasteiger partial charge is 0.0227 e. The van der Waals surface area contributed by atoms with Crippen LogP contribution in [0.15, 0.2) is 30.3 Å². The molecule has 0 saturated heterocycles. The van der Waals surface area contributed by atoms with Crippen LogP contribution < -0.4 is 0 Å². The quantitative estimate of drug-likeness (QED) is 0.586. The summed E-state index contributed by atoms with van der Waals surface area (Å²) in [6.45, 7) is 10.5. The number of benzene rings is 1. The van der Waals surface area contributed by atoms with Gasteiger partial charge in [-0.15, -0.1) is 0 Å². The average Bonchev–Trinajstić information content (AvgIpc) is 2.33. The molecule has 0 fully saturated rings. The van der Waals surface area contributed by atoms with Crippen molar-refractivity contribution in [1.29, 1.82) is 0 Å². The molecule has 0 aliphatic heterocycles. The van der Waals surface area contributed by atoms with E-state index in [0.717, 1.165) is 0 Å². The van der Waals surface area contributed by atoms with E-state index in [1.165, 1.54) is 42.4 Å². The van der Waals surface area contributed by atoms with Crippen LogP contribution in [0.5, 0.6) is 0 Å². The Morgan fingerprint density at radius 3 is 1.71 bits per heavy atom. The first-order valence-corrected chi connectivity index (χ1v) is 7.04. The van der Waals surface area contributed by atoms with Gasteiger partial charge in [0.1, 0.15) is 0 Å². The van der Waals surface area contributed by atoms with Gasteiger partial charge in [-0.1, -0.05) is 76.4 Å².